The molecule has 2 N–H and O–H groups in total. The van der Waals surface area contributed by atoms with Crippen LogP contribution < -0.4 is 10.6 Å². The first-order chi connectivity index (χ1) is 10.4. The third-order valence-electron chi connectivity index (χ3n) is 4.72. The van der Waals surface area contributed by atoms with Gasteiger partial charge in [-0.2, -0.15) is 4.31 Å². The van der Waals surface area contributed by atoms with E-state index in [0.29, 0.717) is 13.0 Å². The van der Waals surface area contributed by atoms with Crippen molar-refractivity contribution in [1.29, 1.82) is 0 Å². The van der Waals surface area contributed by atoms with Gasteiger partial charge in [0.25, 0.3) is 0 Å². The van der Waals surface area contributed by atoms with Crippen molar-refractivity contribution in [2.75, 3.05) is 12.8 Å². The summed E-state index contributed by atoms with van der Waals surface area (Å²) >= 11 is 0. The van der Waals surface area contributed by atoms with Gasteiger partial charge in [-0.15, -0.1) is 0 Å². The lowest BCUT2D eigenvalue weighted by Crippen LogP contribution is -2.63. The summed E-state index contributed by atoms with van der Waals surface area (Å²) in [5.74, 6) is -0.145. The van der Waals surface area contributed by atoms with E-state index < -0.39 is 16.1 Å². The fourth-order valence-corrected chi connectivity index (χ4v) is 5.41. The number of sulfonamides is 1. The molecule has 0 radical (unpaired) electrons. The van der Waals surface area contributed by atoms with E-state index in [0.717, 1.165) is 25.7 Å². The Bertz CT molecular complexity index is 541. The number of nitrogens with zero attached hydrogens (tertiary/aromatic N) is 1. The fraction of sp³-hybridized carbons (Fsp3) is 0.938. The molecule has 2 heterocycles. The van der Waals surface area contributed by atoms with Crippen LogP contribution in [0.5, 0.6) is 0 Å². The molecule has 0 aromatic rings. The molecule has 2 aliphatic rings. The van der Waals surface area contributed by atoms with Gasteiger partial charge < -0.3 is 10.6 Å². The first-order valence-electron chi connectivity index (χ1n) is 8.46. The van der Waals surface area contributed by atoms with Gasteiger partial charge in [0.2, 0.25) is 15.9 Å². The van der Waals surface area contributed by atoms with Crippen LogP contribution in [0, 0.1) is 0 Å². The van der Waals surface area contributed by atoms with E-state index in [1.54, 1.807) is 0 Å². The highest BCUT2D eigenvalue weighted by molar-refractivity contribution is 7.88. The van der Waals surface area contributed by atoms with Gasteiger partial charge in [0.15, 0.2) is 0 Å². The van der Waals surface area contributed by atoms with Crippen LogP contribution >= 0.6 is 0 Å². The van der Waals surface area contributed by atoms with Crippen molar-refractivity contribution < 1.29 is 13.2 Å². The summed E-state index contributed by atoms with van der Waals surface area (Å²) in [5.41, 5.74) is -0.106. The molecule has 0 spiro atoms. The Hall–Kier alpha value is -0.660. The maximum Gasteiger partial charge on any atom is 0.238 e. The van der Waals surface area contributed by atoms with Crippen molar-refractivity contribution in [3.8, 4) is 0 Å². The fourth-order valence-electron chi connectivity index (χ4n) is 4.29. The molecule has 7 heteroatoms. The zero-order valence-electron chi connectivity index (χ0n) is 15.0. The highest BCUT2D eigenvalue weighted by atomic mass is 32.2. The predicted octanol–water partition coefficient (Wildman–Crippen LogP) is 1.23. The van der Waals surface area contributed by atoms with Crippen LogP contribution in [0.4, 0.5) is 0 Å². The highest BCUT2D eigenvalue weighted by Crippen LogP contribution is 2.29. The molecular weight excluding hydrogens is 314 g/mol. The summed E-state index contributed by atoms with van der Waals surface area (Å²) in [7, 11) is -3.35. The first kappa shape index (κ1) is 18.7. The molecular formula is C16H31N3O3S. The van der Waals surface area contributed by atoms with Crippen LogP contribution in [0.1, 0.15) is 59.8 Å². The van der Waals surface area contributed by atoms with Crippen molar-refractivity contribution >= 4 is 15.9 Å². The van der Waals surface area contributed by atoms with E-state index in [9.17, 15) is 13.2 Å². The molecule has 0 unspecified atom stereocenters. The van der Waals surface area contributed by atoms with E-state index in [2.05, 4.69) is 38.3 Å². The second-order valence-electron chi connectivity index (χ2n) is 8.39. The van der Waals surface area contributed by atoms with Crippen LogP contribution in [-0.2, 0) is 14.8 Å². The topological polar surface area (TPSA) is 78.5 Å². The average molecular weight is 346 g/mol. The Morgan fingerprint density at radius 2 is 1.70 bits per heavy atom. The first-order valence-corrected chi connectivity index (χ1v) is 10.3. The molecule has 0 aromatic heterocycles. The van der Waals surface area contributed by atoms with Gasteiger partial charge in [-0.3, -0.25) is 4.79 Å². The molecule has 2 fully saturated rings. The number of rotatable bonds is 3. The van der Waals surface area contributed by atoms with Crippen LogP contribution in [0.3, 0.4) is 0 Å². The number of hydrogen-bond acceptors (Lipinski definition) is 4. The number of nitrogens with one attached hydrogen (secondary N) is 2. The maximum absolute atomic E-state index is 12.7. The largest absolute Gasteiger partial charge is 0.352 e. The Balaban J connectivity index is 2.08. The lowest BCUT2D eigenvalue weighted by molar-refractivity contribution is -0.127. The van der Waals surface area contributed by atoms with Crippen LogP contribution in [0.2, 0.25) is 0 Å². The Morgan fingerprint density at radius 1 is 1.13 bits per heavy atom. The normalized spacial score (nSPS) is 29.2. The molecule has 2 aliphatic heterocycles. The molecule has 0 aliphatic carbocycles. The summed E-state index contributed by atoms with van der Waals surface area (Å²) in [6, 6.07) is -0.489. The Labute approximate surface area is 140 Å². The Morgan fingerprint density at radius 3 is 2.22 bits per heavy atom. The minimum Gasteiger partial charge on any atom is -0.352 e. The second kappa shape index (κ2) is 6.33. The summed E-state index contributed by atoms with van der Waals surface area (Å²) < 4.78 is 25.2. The third-order valence-corrected chi connectivity index (χ3v) is 6.01. The predicted molar refractivity (Wildman–Crippen MR) is 91.6 cm³/mol. The zero-order chi connectivity index (χ0) is 17.5. The number of hydrogen-bond donors (Lipinski definition) is 2. The Kier molecular flexibility index (Phi) is 5.14. The summed E-state index contributed by atoms with van der Waals surface area (Å²) in [6.07, 6.45) is 5.20. The number of carbonyl (C=O) groups excluding carboxylic acids is 1. The molecule has 0 bridgehead atoms. The minimum absolute atomic E-state index is 0.0528. The molecule has 0 aromatic carbocycles. The van der Waals surface area contributed by atoms with E-state index >= 15 is 0 Å². The van der Waals surface area contributed by atoms with Gasteiger partial charge in [-0.05, 0) is 53.4 Å². The number of carbonyl (C=O) groups is 1. The zero-order valence-corrected chi connectivity index (χ0v) is 15.8. The summed E-state index contributed by atoms with van der Waals surface area (Å²) in [6.45, 7) is 8.99. The molecule has 2 saturated heterocycles. The van der Waals surface area contributed by atoms with Gasteiger partial charge in [0.05, 0.1) is 6.26 Å². The van der Waals surface area contributed by atoms with Crippen molar-refractivity contribution in [3.63, 3.8) is 0 Å². The third kappa shape index (κ3) is 4.90. The van der Waals surface area contributed by atoms with Gasteiger partial charge in [-0.1, -0.05) is 6.42 Å². The minimum atomic E-state index is -3.35. The lowest BCUT2D eigenvalue weighted by atomic mass is 9.79. The molecule has 23 heavy (non-hydrogen) atoms. The molecule has 6 nitrogen and oxygen atoms in total. The summed E-state index contributed by atoms with van der Waals surface area (Å²) in [4.78, 5) is 12.7. The van der Waals surface area contributed by atoms with E-state index in [-0.39, 0.29) is 23.0 Å². The van der Waals surface area contributed by atoms with Gasteiger partial charge in [-0.25, -0.2) is 8.42 Å². The second-order valence-corrected chi connectivity index (χ2v) is 10.3. The van der Waals surface area contributed by atoms with E-state index in [1.165, 1.54) is 10.6 Å². The van der Waals surface area contributed by atoms with Crippen molar-refractivity contribution in [1.82, 2.24) is 14.9 Å². The standard InChI is InChI=1S/C16H31N3O3S/c1-15(2)10-12(11-16(3,4)18-15)17-14(20)13-8-6-7-9-19(13)23(5,21)22/h12-13,18H,6-11H2,1-5H3,(H,17,20)/t13-/m1/s1. The average Bonchev–Trinajstić information content (AvgIpc) is 2.33. The van der Waals surface area contributed by atoms with Crippen molar-refractivity contribution in [2.24, 2.45) is 0 Å². The smallest absolute Gasteiger partial charge is 0.238 e. The van der Waals surface area contributed by atoms with Gasteiger partial charge in [0.1, 0.15) is 6.04 Å². The van der Waals surface area contributed by atoms with Crippen molar-refractivity contribution in [3.05, 3.63) is 0 Å². The lowest BCUT2D eigenvalue weighted by Gasteiger charge is -2.47. The van der Waals surface area contributed by atoms with Gasteiger partial charge in [0, 0.05) is 23.7 Å². The van der Waals surface area contributed by atoms with E-state index in [4.69, 9.17) is 0 Å². The quantitative estimate of drug-likeness (QED) is 0.806. The molecule has 1 amide bonds. The highest BCUT2D eigenvalue weighted by Gasteiger charge is 2.40. The molecule has 2 rings (SSSR count). The van der Waals surface area contributed by atoms with Crippen LogP contribution in [-0.4, -0.2) is 54.6 Å². The van der Waals surface area contributed by atoms with Crippen molar-refractivity contribution in [2.45, 2.75) is 83.0 Å². The van der Waals surface area contributed by atoms with E-state index in [1.807, 2.05) is 0 Å². The summed E-state index contributed by atoms with van der Waals surface area (Å²) in [5, 5.41) is 6.71. The SMILES string of the molecule is CC1(C)CC(NC(=O)[C@H]2CCCCN2S(C)(=O)=O)CC(C)(C)N1. The molecule has 134 valence electrons. The molecule has 0 saturated carbocycles. The monoisotopic (exact) mass is 345 g/mol. The van der Waals surface area contributed by atoms with Gasteiger partial charge >= 0.3 is 0 Å². The number of amides is 1. The van der Waals surface area contributed by atoms with Crippen LogP contribution in [0.25, 0.3) is 0 Å². The number of piperidine rings is 2. The molecule has 1 atom stereocenters. The van der Waals surface area contributed by atoms with Crippen LogP contribution in [0.15, 0.2) is 0 Å². The maximum atomic E-state index is 12.7.